The predicted octanol–water partition coefficient (Wildman–Crippen LogP) is 2.20. The van der Waals surface area contributed by atoms with E-state index >= 15 is 0 Å². The number of piperidine rings is 1. The van der Waals surface area contributed by atoms with Crippen molar-refractivity contribution in [3.63, 3.8) is 0 Å². The molecule has 6 nitrogen and oxygen atoms in total. The number of amides is 1. The topological polar surface area (TPSA) is 72.9 Å². The van der Waals surface area contributed by atoms with Crippen molar-refractivity contribution in [2.24, 2.45) is 0 Å². The maximum atomic E-state index is 13.6. The van der Waals surface area contributed by atoms with Crippen LogP contribution in [0.5, 0.6) is 0 Å². The van der Waals surface area contributed by atoms with Crippen molar-refractivity contribution in [1.82, 2.24) is 9.80 Å². The highest BCUT2D eigenvalue weighted by atomic mass is 35.5. The molecule has 0 atom stereocenters. The van der Waals surface area contributed by atoms with Crippen molar-refractivity contribution in [2.45, 2.75) is 25.8 Å². The van der Waals surface area contributed by atoms with E-state index in [-0.39, 0.29) is 43.1 Å². The summed E-state index contributed by atoms with van der Waals surface area (Å²) >= 11 is 0. The van der Waals surface area contributed by atoms with Gasteiger partial charge in [0.25, 0.3) is 0 Å². The first-order chi connectivity index (χ1) is 11.9. The van der Waals surface area contributed by atoms with E-state index in [1.807, 2.05) is 16.7 Å². The number of carboxylic acid groups (broad SMARTS) is 1. The normalized spacial score (nSPS) is 15.5. The van der Waals surface area contributed by atoms with E-state index in [1.54, 1.807) is 0 Å². The molecule has 0 radical (unpaired) electrons. The van der Waals surface area contributed by atoms with Crippen LogP contribution in [-0.4, -0.2) is 65.5 Å². The molecule has 0 aromatic heterocycles. The number of aliphatic carboxylic acids is 1. The Bertz CT molecular complexity index is 625. The number of nitrogens with one attached hydrogen (secondary N) is 1. The summed E-state index contributed by atoms with van der Waals surface area (Å²) in [7, 11) is 0. The molecule has 1 aromatic rings. The van der Waals surface area contributed by atoms with Crippen LogP contribution in [0, 0.1) is 11.6 Å². The second-order valence-electron chi connectivity index (χ2n) is 6.14. The number of carbonyl (C=O) groups excluding carboxylic acids is 1. The fourth-order valence-corrected chi connectivity index (χ4v) is 3.10. The van der Waals surface area contributed by atoms with Crippen LogP contribution in [0.4, 0.5) is 14.5 Å². The lowest BCUT2D eigenvalue weighted by atomic mass is 10.0. The Hall–Kier alpha value is -1.77. The number of hydrogen-bond donors (Lipinski definition) is 2. The number of anilines is 1. The van der Waals surface area contributed by atoms with Crippen molar-refractivity contribution >= 4 is 30.0 Å². The number of hydrogen-bond acceptors (Lipinski definition) is 4. The highest BCUT2D eigenvalue weighted by molar-refractivity contribution is 5.92. The van der Waals surface area contributed by atoms with Crippen molar-refractivity contribution in [3.05, 3.63) is 29.8 Å². The number of halogens is 3. The van der Waals surface area contributed by atoms with Gasteiger partial charge >= 0.3 is 5.97 Å². The average molecular weight is 392 g/mol. The van der Waals surface area contributed by atoms with E-state index in [2.05, 4.69) is 5.32 Å². The van der Waals surface area contributed by atoms with Gasteiger partial charge in [0.2, 0.25) is 5.91 Å². The number of nitrogens with zero attached hydrogens (tertiary/aromatic N) is 2. The van der Waals surface area contributed by atoms with E-state index in [4.69, 9.17) is 5.11 Å². The molecule has 1 aromatic carbocycles. The van der Waals surface area contributed by atoms with Crippen LogP contribution in [-0.2, 0) is 9.59 Å². The third-order valence-corrected chi connectivity index (χ3v) is 4.39. The first kappa shape index (κ1) is 22.3. The lowest BCUT2D eigenvalue weighted by Crippen LogP contribution is -2.48. The van der Waals surface area contributed by atoms with Crippen LogP contribution in [0.3, 0.4) is 0 Å². The van der Waals surface area contributed by atoms with Gasteiger partial charge in [0, 0.05) is 25.2 Å². The third kappa shape index (κ3) is 6.51. The number of likely N-dealkylation sites (tertiary alicyclic amines) is 1. The fraction of sp³-hybridized carbons (Fsp3) is 0.529. The van der Waals surface area contributed by atoms with Gasteiger partial charge in [-0.15, -0.1) is 12.4 Å². The largest absolute Gasteiger partial charge is 0.480 e. The van der Waals surface area contributed by atoms with Crippen molar-refractivity contribution in [1.29, 1.82) is 0 Å². The zero-order valence-corrected chi connectivity index (χ0v) is 15.4. The van der Waals surface area contributed by atoms with Gasteiger partial charge in [-0.1, -0.05) is 6.92 Å². The van der Waals surface area contributed by atoms with E-state index in [0.29, 0.717) is 19.6 Å². The molecule has 2 rings (SSSR count). The monoisotopic (exact) mass is 391 g/mol. The van der Waals surface area contributed by atoms with Crippen LogP contribution in [0.25, 0.3) is 0 Å². The Morgan fingerprint density at radius 2 is 1.96 bits per heavy atom. The number of benzene rings is 1. The molecule has 0 saturated carbocycles. The summed E-state index contributed by atoms with van der Waals surface area (Å²) in [5.74, 6) is -2.70. The smallest absolute Gasteiger partial charge is 0.317 e. The molecule has 26 heavy (non-hydrogen) atoms. The SMILES string of the molecule is CCN(CC(=O)O)C1CCN(CC(=O)Nc2ccc(F)cc2F)CC1.Cl. The molecule has 0 unspecified atom stereocenters. The van der Waals surface area contributed by atoms with Gasteiger partial charge in [-0.05, 0) is 31.5 Å². The van der Waals surface area contributed by atoms with Gasteiger partial charge in [0.15, 0.2) is 0 Å². The number of likely N-dealkylation sites (N-methyl/N-ethyl adjacent to an activating group) is 1. The molecular formula is C17H24ClF2N3O3. The summed E-state index contributed by atoms with van der Waals surface area (Å²) in [6.07, 6.45) is 1.55. The molecule has 0 aliphatic carbocycles. The maximum absolute atomic E-state index is 13.6. The number of carboxylic acids is 1. The van der Waals surface area contributed by atoms with E-state index in [1.165, 1.54) is 6.07 Å². The molecule has 1 aliphatic heterocycles. The van der Waals surface area contributed by atoms with Gasteiger partial charge in [-0.25, -0.2) is 8.78 Å². The molecule has 146 valence electrons. The summed E-state index contributed by atoms with van der Waals surface area (Å²) in [6.45, 7) is 4.07. The van der Waals surface area contributed by atoms with Crippen LogP contribution in [0.1, 0.15) is 19.8 Å². The highest BCUT2D eigenvalue weighted by Gasteiger charge is 2.26. The van der Waals surface area contributed by atoms with Gasteiger partial charge in [-0.2, -0.15) is 0 Å². The zero-order chi connectivity index (χ0) is 18.4. The van der Waals surface area contributed by atoms with Crippen LogP contribution >= 0.6 is 12.4 Å². The Kier molecular flexibility index (Phi) is 8.91. The van der Waals surface area contributed by atoms with Crippen molar-refractivity contribution < 1.29 is 23.5 Å². The minimum absolute atomic E-state index is 0. The minimum Gasteiger partial charge on any atom is -0.480 e. The third-order valence-electron chi connectivity index (χ3n) is 4.39. The first-order valence-corrected chi connectivity index (χ1v) is 8.32. The second-order valence-corrected chi connectivity index (χ2v) is 6.14. The number of carbonyl (C=O) groups is 2. The highest BCUT2D eigenvalue weighted by Crippen LogP contribution is 2.18. The molecule has 1 amide bonds. The van der Waals surface area contributed by atoms with E-state index < -0.39 is 17.6 Å². The first-order valence-electron chi connectivity index (χ1n) is 8.32. The molecule has 9 heteroatoms. The lowest BCUT2D eigenvalue weighted by Gasteiger charge is -2.37. The molecular weight excluding hydrogens is 368 g/mol. The summed E-state index contributed by atoms with van der Waals surface area (Å²) in [4.78, 5) is 26.8. The fourth-order valence-electron chi connectivity index (χ4n) is 3.10. The molecule has 0 bridgehead atoms. The van der Waals surface area contributed by atoms with Crippen LogP contribution in [0.2, 0.25) is 0 Å². The maximum Gasteiger partial charge on any atom is 0.317 e. The minimum atomic E-state index is -0.843. The predicted molar refractivity (Wildman–Crippen MR) is 96.6 cm³/mol. The molecule has 2 N–H and O–H groups in total. The quantitative estimate of drug-likeness (QED) is 0.745. The second kappa shape index (κ2) is 10.4. The van der Waals surface area contributed by atoms with Crippen LogP contribution in [0.15, 0.2) is 18.2 Å². The Labute approximate surface area is 157 Å². The van der Waals surface area contributed by atoms with Crippen molar-refractivity contribution in [2.75, 3.05) is 38.0 Å². The molecule has 1 aliphatic rings. The molecule has 1 fully saturated rings. The van der Waals surface area contributed by atoms with Gasteiger partial charge in [-0.3, -0.25) is 19.4 Å². The Morgan fingerprint density at radius 3 is 2.50 bits per heavy atom. The zero-order valence-electron chi connectivity index (χ0n) is 14.6. The summed E-state index contributed by atoms with van der Waals surface area (Å²) in [6, 6.07) is 3.20. The Morgan fingerprint density at radius 1 is 1.31 bits per heavy atom. The van der Waals surface area contributed by atoms with Gasteiger partial charge < -0.3 is 10.4 Å². The Balaban J connectivity index is 0.00000338. The standard InChI is InChI=1S/C17H23F2N3O3.ClH/c1-2-22(11-17(24)25)13-5-7-21(8-6-13)10-16(23)20-15-4-3-12(18)9-14(15)19;/h3-4,9,13H,2,5-8,10-11H2,1H3,(H,20,23)(H,24,25);1H. The van der Waals surface area contributed by atoms with Crippen LogP contribution < -0.4 is 5.32 Å². The summed E-state index contributed by atoms with van der Waals surface area (Å²) in [5, 5.41) is 11.4. The van der Waals surface area contributed by atoms with E-state index in [0.717, 1.165) is 25.0 Å². The average Bonchev–Trinajstić information content (AvgIpc) is 2.56. The number of rotatable bonds is 7. The van der Waals surface area contributed by atoms with E-state index in [9.17, 15) is 18.4 Å². The molecule has 1 saturated heterocycles. The molecule has 0 spiro atoms. The summed E-state index contributed by atoms with van der Waals surface area (Å²) in [5.41, 5.74) is -0.0418. The molecule has 1 heterocycles. The summed E-state index contributed by atoms with van der Waals surface area (Å²) < 4.78 is 26.4. The lowest BCUT2D eigenvalue weighted by molar-refractivity contribution is -0.139. The van der Waals surface area contributed by atoms with Gasteiger partial charge in [0.1, 0.15) is 11.6 Å². The van der Waals surface area contributed by atoms with Gasteiger partial charge in [0.05, 0.1) is 18.8 Å². The van der Waals surface area contributed by atoms with Crippen molar-refractivity contribution in [3.8, 4) is 0 Å².